The second-order valence-corrected chi connectivity index (χ2v) is 1.96. The Balaban J connectivity index is 2.59. The summed E-state index contributed by atoms with van der Waals surface area (Å²) in [4.78, 5) is 13.5. The Labute approximate surface area is 59.3 Å². The predicted octanol–water partition coefficient (Wildman–Crippen LogP) is 0.760. The largest absolute Gasteiger partial charge is 0.367 e. The van der Waals surface area contributed by atoms with Crippen molar-refractivity contribution in [3.63, 3.8) is 0 Å². The minimum Gasteiger partial charge on any atom is -0.367 e. The number of hydrogen-bond donors (Lipinski definition) is 1. The van der Waals surface area contributed by atoms with Gasteiger partial charge in [-0.05, 0) is 17.6 Å². The van der Waals surface area contributed by atoms with Crippen LogP contribution < -0.4 is 0 Å². The van der Waals surface area contributed by atoms with Crippen LogP contribution >= 0.6 is 0 Å². The van der Waals surface area contributed by atoms with E-state index < -0.39 is 0 Å². The summed E-state index contributed by atoms with van der Waals surface area (Å²) in [6.07, 6.45) is 8.73. The molecule has 0 aliphatic rings. The lowest BCUT2D eigenvalue weighted by molar-refractivity contribution is -0.113. The highest BCUT2D eigenvalue weighted by Gasteiger charge is 1.97. The number of hydrogen-bond acceptors (Lipinski definition) is 1. The highest BCUT2D eigenvalue weighted by Crippen LogP contribution is 1.97. The summed E-state index contributed by atoms with van der Waals surface area (Å²) in [5.41, 5.74) is 0.933. The van der Waals surface area contributed by atoms with Crippen LogP contribution in [0.3, 0.4) is 0 Å². The molecular weight excluding hydrogens is 126 g/mol. The molecule has 10 heavy (non-hydrogen) atoms. The third-order valence-corrected chi connectivity index (χ3v) is 1.19. The summed E-state index contributed by atoms with van der Waals surface area (Å²) < 4.78 is 0. The smallest absolute Gasteiger partial charge is 0.209 e. The van der Waals surface area contributed by atoms with Crippen LogP contribution in [0.4, 0.5) is 0 Å². The molecule has 2 nitrogen and oxygen atoms in total. The molecule has 0 aliphatic carbocycles. The Morgan fingerprint density at radius 3 is 3.10 bits per heavy atom. The van der Waals surface area contributed by atoms with Crippen molar-refractivity contribution in [1.29, 1.82) is 0 Å². The van der Waals surface area contributed by atoms with Gasteiger partial charge in [0.25, 0.3) is 0 Å². The highest BCUT2D eigenvalue weighted by molar-refractivity contribution is 5.96. The lowest BCUT2D eigenvalue weighted by atomic mass is 10.2. The zero-order valence-corrected chi connectivity index (χ0v) is 5.42. The Morgan fingerprint density at radius 1 is 1.80 bits per heavy atom. The first-order valence-electron chi connectivity index (χ1n) is 2.94. The molecule has 50 valence electrons. The third kappa shape index (κ3) is 1.49. The molecule has 0 fully saturated rings. The van der Waals surface area contributed by atoms with Gasteiger partial charge in [0.15, 0.2) is 0 Å². The molecule has 1 aromatic rings. The van der Waals surface area contributed by atoms with E-state index in [0.717, 1.165) is 5.56 Å². The van der Waals surface area contributed by atoms with E-state index in [9.17, 15) is 4.79 Å². The molecule has 0 saturated carbocycles. The maximum Gasteiger partial charge on any atom is 0.209 e. The van der Waals surface area contributed by atoms with Gasteiger partial charge in [-0.1, -0.05) is 0 Å². The van der Waals surface area contributed by atoms with Gasteiger partial charge in [-0.2, -0.15) is 0 Å². The number of Topliss-reactive ketones (excluding diaryl/α,β-unsaturated/α-hetero) is 1. The van der Waals surface area contributed by atoms with E-state index >= 15 is 0 Å². The van der Waals surface area contributed by atoms with Crippen molar-refractivity contribution in [1.82, 2.24) is 4.98 Å². The molecule has 0 atom stereocenters. The van der Waals surface area contributed by atoms with Crippen LogP contribution in [0, 0.1) is 12.3 Å². The van der Waals surface area contributed by atoms with Gasteiger partial charge in [0.05, 0.1) is 0 Å². The number of carbonyl (C=O) groups excluding carboxylic acids is 1. The molecule has 0 saturated heterocycles. The summed E-state index contributed by atoms with van der Waals surface area (Å²) in [6.45, 7) is 0. The van der Waals surface area contributed by atoms with E-state index in [-0.39, 0.29) is 5.78 Å². The zero-order valence-electron chi connectivity index (χ0n) is 5.42. The van der Waals surface area contributed by atoms with E-state index in [0.29, 0.717) is 6.42 Å². The molecule has 1 heterocycles. The van der Waals surface area contributed by atoms with Crippen molar-refractivity contribution in [2.24, 2.45) is 0 Å². The summed E-state index contributed by atoms with van der Waals surface area (Å²) in [6, 6.07) is 1.83. The SMILES string of the molecule is C#CC(=O)Cc1cc[nH]c1. The number of aromatic amines is 1. The van der Waals surface area contributed by atoms with E-state index in [1.165, 1.54) is 0 Å². The number of H-pyrrole nitrogens is 1. The van der Waals surface area contributed by atoms with E-state index in [2.05, 4.69) is 10.9 Å². The molecule has 0 aliphatic heterocycles. The number of carbonyl (C=O) groups is 1. The van der Waals surface area contributed by atoms with Gasteiger partial charge in [0, 0.05) is 18.8 Å². The number of rotatable bonds is 2. The molecule has 0 amide bonds. The maximum absolute atomic E-state index is 10.6. The van der Waals surface area contributed by atoms with Crippen molar-refractivity contribution in [2.75, 3.05) is 0 Å². The summed E-state index contributed by atoms with van der Waals surface area (Å²) in [5, 5.41) is 0. The number of nitrogens with one attached hydrogen (secondary N) is 1. The van der Waals surface area contributed by atoms with Crippen molar-refractivity contribution in [2.45, 2.75) is 6.42 Å². The first kappa shape index (κ1) is 6.63. The Hall–Kier alpha value is -1.49. The Morgan fingerprint density at radius 2 is 2.60 bits per heavy atom. The van der Waals surface area contributed by atoms with Crippen LogP contribution in [0.2, 0.25) is 0 Å². The first-order valence-corrected chi connectivity index (χ1v) is 2.94. The minimum absolute atomic E-state index is 0.181. The van der Waals surface area contributed by atoms with Crippen LogP contribution in [0.25, 0.3) is 0 Å². The van der Waals surface area contributed by atoms with Gasteiger partial charge in [-0.25, -0.2) is 0 Å². The first-order chi connectivity index (χ1) is 4.83. The quantitative estimate of drug-likeness (QED) is 0.469. The lowest BCUT2D eigenvalue weighted by Gasteiger charge is -1.85. The second kappa shape index (κ2) is 2.88. The molecule has 0 radical (unpaired) electrons. The molecule has 1 N–H and O–H groups in total. The number of aromatic nitrogens is 1. The van der Waals surface area contributed by atoms with Gasteiger partial charge in [0.2, 0.25) is 5.78 Å². The average Bonchev–Trinajstić information content (AvgIpc) is 2.40. The van der Waals surface area contributed by atoms with Crippen molar-refractivity contribution < 1.29 is 4.79 Å². The zero-order chi connectivity index (χ0) is 7.40. The fraction of sp³-hybridized carbons (Fsp3) is 0.125. The molecule has 0 unspecified atom stereocenters. The molecule has 0 bridgehead atoms. The number of terminal acetylenes is 1. The van der Waals surface area contributed by atoms with Crippen LogP contribution in [0.15, 0.2) is 18.5 Å². The van der Waals surface area contributed by atoms with Gasteiger partial charge < -0.3 is 4.98 Å². The fourth-order valence-corrected chi connectivity index (χ4v) is 0.705. The van der Waals surface area contributed by atoms with E-state index in [1.807, 2.05) is 6.07 Å². The van der Waals surface area contributed by atoms with Gasteiger partial charge in [-0.15, -0.1) is 6.42 Å². The van der Waals surface area contributed by atoms with Gasteiger partial charge in [0.1, 0.15) is 0 Å². The van der Waals surface area contributed by atoms with Gasteiger partial charge in [-0.3, -0.25) is 4.79 Å². The summed E-state index contributed by atoms with van der Waals surface area (Å²) in [5.74, 6) is 1.87. The van der Waals surface area contributed by atoms with Crippen LogP contribution in [-0.2, 0) is 11.2 Å². The van der Waals surface area contributed by atoms with Crippen LogP contribution in [-0.4, -0.2) is 10.8 Å². The van der Waals surface area contributed by atoms with Crippen molar-refractivity contribution >= 4 is 5.78 Å². The maximum atomic E-state index is 10.6. The average molecular weight is 133 g/mol. The minimum atomic E-state index is -0.181. The summed E-state index contributed by atoms with van der Waals surface area (Å²) >= 11 is 0. The second-order valence-electron chi connectivity index (χ2n) is 1.96. The van der Waals surface area contributed by atoms with E-state index in [4.69, 9.17) is 6.42 Å². The molecular formula is C8H7NO. The Bertz CT molecular complexity index is 253. The number of ketones is 1. The monoisotopic (exact) mass is 133 g/mol. The normalized spacial score (nSPS) is 8.70. The third-order valence-electron chi connectivity index (χ3n) is 1.19. The standard InChI is InChI=1S/C8H7NO/c1-2-8(10)5-7-3-4-9-6-7/h1,3-4,6,9H,5H2. The topological polar surface area (TPSA) is 32.9 Å². The van der Waals surface area contributed by atoms with E-state index in [1.54, 1.807) is 12.4 Å². The van der Waals surface area contributed by atoms with Gasteiger partial charge >= 0.3 is 0 Å². The lowest BCUT2D eigenvalue weighted by Crippen LogP contribution is -1.96. The van der Waals surface area contributed by atoms with Crippen LogP contribution in [0.1, 0.15) is 5.56 Å². The molecule has 0 spiro atoms. The molecule has 1 rings (SSSR count). The molecule has 0 aromatic carbocycles. The van der Waals surface area contributed by atoms with Crippen molar-refractivity contribution in [3.05, 3.63) is 24.0 Å². The molecule has 2 heteroatoms. The van der Waals surface area contributed by atoms with Crippen LogP contribution in [0.5, 0.6) is 0 Å². The van der Waals surface area contributed by atoms with Crippen molar-refractivity contribution in [3.8, 4) is 12.3 Å². The fourth-order valence-electron chi connectivity index (χ4n) is 0.705. The highest BCUT2D eigenvalue weighted by atomic mass is 16.1. The molecule has 1 aromatic heterocycles. The predicted molar refractivity (Wildman–Crippen MR) is 38.3 cm³/mol. The Kier molecular flexibility index (Phi) is 1.91. The summed E-state index contributed by atoms with van der Waals surface area (Å²) in [7, 11) is 0.